The summed E-state index contributed by atoms with van der Waals surface area (Å²) in [4.78, 5) is 24.3. The third-order valence-corrected chi connectivity index (χ3v) is 2.91. The molecule has 0 radical (unpaired) electrons. The van der Waals surface area contributed by atoms with E-state index in [4.69, 9.17) is 10.8 Å². The third kappa shape index (κ3) is 3.07. The molecule has 3 N–H and O–H groups in total. The van der Waals surface area contributed by atoms with Gasteiger partial charge in [-0.05, 0) is 12.0 Å². The molecule has 1 aromatic carbocycles. The number of carboxylic acid groups (broad SMARTS) is 1. The number of hydrogen-bond donors (Lipinski definition) is 2. The Balaban J connectivity index is 2.84. The fourth-order valence-electron chi connectivity index (χ4n) is 1.79. The van der Waals surface area contributed by atoms with Crippen molar-refractivity contribution in [1.82, 2.24) is 4.90 Å². The fourth-order valence-corrected chi connectivity index (χ4v) is 1.79. The maximum atomic E-state index is 12.1. The van der Waals surface area contributed by atoms with Gasteiger partial charge >= 0.3 is 5.97 Å². The Morgan fingerprint density at radius 2 is 1.89 bits per heavy atom. The van der Waals surface area contributed by atoms with Gasteiger partial charge in [0.1, 0.15) is 12.1 Å². The number of carboxylic acids is 1. The number of nitrogens with zero attached hydrogens (tertiary/aromatic N) is 1. The second kappa shape index (κ2) is 6.16. The predicted octanol–water partition coefficient (Wildman–Crippen LogP) is 1.01. The van der Waals surface area contributed by atoms with E-state index in [1.54, 1.807) is 31.2 Å². The normalized spacial score (nSPS) is 13.7. The summed E-state index contributed by atoms with van der Waals surface area (Å²) in [5.41, 5.74) is 6.52. The van der Waals surface area contributed by atoms with E-state index in [1.165, 1.54) is 11.9 Å². The first-order valence-corrected chi connectivity index (χ1v) is 5.79. The molecule has 5 heteroatoms. The lowest BCUT2D eigenvalue weighted by Crippen LogP contribution is -2.45. The van der Waals surface area contributed by atoms with Crippen molar-refractivity contribution in [1.29, 1.82) is 0 Å². The van der Waals surface area contributed by atoms with Crippen molar-refractivity contribution in [3.05, 3.63) is 35.9 Å². The Morgan fingerprint density at radius 1 is 1.33 bits per heavy atom. The highest BCUT2D eigenvalue weighted by Crippen LogP contribution is 2.14. The summed E-state index contributed by atoms with van der Waals surface area (Å²) in [5, 5.41) is 9.01. The van der Waals surface area contributed by atoms with E-state index in [2.05, 4.69) is 0 Å². The average molecular weight is 250 g/mol. The molecular formula is C13H18N2O3. The van der Waals surface area contributed by atoms with Gasteiger partial charge in [-0.1, -0.05) is 37.3 Å². The van der Waals surface area contributed by atoms with Gasteiger partial charge in [-0.3, -0.25) is 4.79 Å². The molecule has 0 fully saturated rings. The van der Waals surface area contributed by atoms with E-state index in [-0.39, 0.29) is 0 Å². The molecule has 0 aromatic heterocycles. The maximum Gasteiger partial charge on any atom is 0.326 e. The number of nitrogens with two attached hydrogens (primary N) is 1. The minimum Gasteiger partial charge on any atom is -0.480 e. The maximum absolute atomic E-state index is 12.1. The summed E-state index contributed by atoms with van der Waals surface area (Å²) < 4.78 is 0. The topological polar surface area (TPSA) is 83.6 Å². The van der Waals surface area contributed by atoms with Crippen LogP contribution < -0.4 is 5.73 Å². The molecule has 5 nitrogen and oxygen atoms in total. The standard InChI is InChI=1S/C13H18N2O3/c1-3-10(13(17)18)15(2)12(16)11(14)9-7-5-4-6-8-9/h4-8,10-11H,3,14H2,1-2H3,(H,17,18)/t10?,11-/m1/s1. The number of amides is 1. The Morgan fingerprint density at radius 3 is 2.33 bits per heavy atom. The van der Waals surface area contributed by atoms with Crippen LogP contribution in [0.15, 0.2) is 30.3 Å². The largest absolute Gasteiger partial charge is 0.480 e. The number of aliphatic carboxylic acids is 1. The van der Waals surface area contributed by atoms with Crippen LogP contribution in [0.3, 0.4) is 0 Å². The van der Waals surface area contributed by atoms with E-state index in [0.717, 1.165) is 0 Å². The summed E-state index contributed by atoms with van der Waals surface area (Å²) in [6.45, 7) is 1.72. The lowest BCUT2D eigenvalue weighted by Gasteiger charge is -2.26. The molecule has 18 heavy (non-hydrogen) atoms. The smallest absolute Gasteiger partial charge is 0.326 e. The lowest BCUT2D eigenvalue weighted by atomic mass is 10.1. The van der Waals surface area contributed by atoms with E-state index in [9.17, 15) is 9.59 Å². The molecule has 0 aliphatic heterocycles. The molecule has 1 rings (SSSR count). The van der Waals surface area contributed by atoms with Crippen molar-refractivity contribution in [2.24, 2.45) is 5.73 Å². The molecule has 0 saturated heterocycles. The van der Waals surface area contributed by atoms with Crippen molar-refractivity contribution < 1.29 is 14.7 Å². The minimum absolute atomic E-state index is 0.346. The molecule has 1 unspecified atom stereocenters. The van der Waals surface area contributed by atoms with Crippen LogP contribution in [0.25, 0.3) is 0 Å². The van der Waals surface area contributed by atoms with Crippen LogP contribution in [0.2, 0.25) is 0 Å². The Labute approximate surface area is 106 Å². The van der Waals surface area contributed by atoms with E-state index >= 15 is 0 Å². The Hall–Kier alpha value is -1.88. The summed E-state index contributed by atoms with van der Waals surface area (Å²) in [5.74, 6) is -1.41. The van der Waals surface area contributed by atoms with Gasteiger partial charge in [0.2, 0.25) is 5.91 Å². The molecule has 98 valence electrons. The zero-order chi connectivity index (χ0) is 13.7. The Kier molecular flexibility index (Phi) is 4.85. The third-order valence-electron chi connectivity index (χ3n) is 2.91. The van der Waals surface area contributed by atoms with E-state index in [0.29, 0.717) is 12.0 Å². The molecule has 0 aliphatic carbocycles. The number of hydrogen-bond acceptors (Lipinski definition) is 3. The first-order chi connectivity index (χ1) is 8.49. The highest BCUT2D eigenvalue weighted by molar-refractivity contribution is 5.87. The Bertz CT molecular complexity index is 420. The van der Waals surface area contributed by atoms with Crippen molar-refractivity contribution in [2.45, 2.75) is 25.4 Å². The van der Waals surface area contributed by atoms with Crippen molar-refractivity contribution in [3.63, 3.8) is 0 Å². The molecule has 0 saturated carbocycles. The molecule has 1 amide bonds. The summed E-state index contributed by atoms with van der Waals surface area (Å²) >= 11 is 0. The van der Waals surface area contributed by atoms with Gasteiger partial charge in [-0.2, -0.15) is 0 Å². The first kappa shape index (κ1) is 14.2. The van der Waals surface area contributed by atoms with Crippen molar-refractivity contribution in [3.8, 4) is 0 Å². The number of carbonyl (C=O) groups excluding carboxylic acids is 1. The molecule has 0 heterocycles. The van der Waals surface area contributed by atoms with Gasteiger partial charge in [0.05, 0.1) is 0 Å². The van der Waals surface area contributed by atoms with Crippen LogP contribution >= 0.6 is 0 Å². The predicted molar refractivity (Wildman–Crippen MR) is 67.9 cm³/mol. The van der Waals surface area contributed by atoms with Gasteiger partial charge in [0.15, 0.2) is 0 Å². The zero-order valence-electron chi connectivity index (χ0n) is 10.5. The van der Waals surface area contributed by atoms with E-state index < -0.39 is 24.0 Å². The van der Waals surface area contributed by atoms with Crippen molar-refractivity contribution in [2.75, 3.05) is 7.05 Å². The van der Waals surface area contributed by atoms with Crippen molar-refractivity contribution >= 4 is 11.9 Å². The van der Waals surface area contributed by atoms with Gasteiger partial charge in [-0.25, -0.2) is 4.79 Å². The highest BCUT2D eigenvalue weighted by Gasteiger charge is 2.28. The first-order valence-electron chi connectivity index (χ1n) is 5.79. The molecular weight excluding hydrogens is 232 g/mol. The second-order valence-corrected chi connectivity index (χ2v) is 4.10. The molecule has 2 atom stereocenters. The summed E-state index contributed by atoms with van der Waals surface area (Å²) in [6, 6.07) is 7.23. The molecule has 0 spiro atoms. The minimum atomic E-state index is -1.02. The quantitative estimate of drug-likeness (QED) is 0.816. The van der Waals surface area contributed by atoms with Crippen LogP contribution in [0.1, 0.15) is 24.9 Å². The van der Waals surface area contributed by atoms with Gasteiger partial charge in [-0.15, -0.1) is 0 Å². The van der Waals surface area contributed by atoms with Gasteiger partial charge in [0.25, 0.3) is 0 Å². The van der Waals surface area contributed by atoms with E-state index in [1.807, 2.05) is 6.07 Å². The fraction of sp³-hybridized carbons (Fsp3) is 0.385. The summed E-state index contributed by atoms with van der Waals surface area (Å²) in [7, 11) is 1.47. The molecule has 0 aliphatic rings. The zero-order valence-corrected chi connectivity index (χ0v) is 10.5. The molecule has 0 bridgehead atoms. The van der Waals surface area contributed by atoms with Gasteiger partial charge < -0.3 is 15.7 Å². The average Bonchev–Trinajstić information content (AvgIpc) is 2.38. The number of carbonyl (C=O) groups is 2. The van der Waals surface area contributed by atoms with Crippen LogP contribution in [0.5, 0.6) is 0 Å². The number of likely N-dealkylation sites (N-methyl/N-ethyl adjacent to an activating group) is 1. The van der Waals surface area contributed by atoms with Gasteiger partial charge in [0, 0.05) is 7.05 Å². The lowest BCUT2D eigenvalue weighted by molar-refractivity contribution is -0.149. The highest BCUT2D eigenvalue weighted by atomic mass is 16.4. The van der Waals surface area contributed by atoms with Crippen LogP contribution in [-0.2, 0) is 9.59 Å². The van der Waals surface area contributed by atoms with Crippen LogP contribution in [0, 0.1) is 0 Å². The monoisotopic (exact) mass is 250 g/mol. The molecule has 1 aromatic rings. The number of rotatable bonds is 5. The second-order valence-electron chi connectivity index (χ2n) is 4.10. The summed E-state index contributed by atoms with van der Waals surface area (Å²) in [6.07, 6.45) is 0.346. The van der Waals surface area contributed by atoms with Crippen LogP contribution in [-0.4, -0.2) is 35.0 Å². The number of benzene rings is 1. The van der Waals surface area contributed by atoms with Crippen LogP contribution in [0.4, 0.5) is 0 Å². The SMILES string of the molecule is CCC(C(=O)O)N(C)C(=O)[C@H](N)c1ccccc1.